The van der Waals surface area contributed by atoms with E-state index in [1.54, 1.807) is 0 Å². The molecule has 21 heavy (non-hydrogen) atoms. The summed E-state index contributed by atoms with van der Waals surface area (Å²) in [6.07, 6.45) is 5.65. The quantitative estimate of drug-likeness (QED) is 0.773. The third kappa shape index (κ3) is 2.74. The summed E-state index contributed by atoms with van der Waals surface area (Å²) in [5, 5.41) is 9.22. The number of Topliss-reactive ketones (excluding diaryl/α,β-unsaturated/α-hetero) is 1. The van der Waals surface area contributed by atoms with Crippen molar-refractivity contribution in [2.24, 2.45) is 5.41 Å². The van der Waals surface area contributed by atoms with Crippen LogP contribution < -0.4 is 0 Å². The van der Waals surface area contributed by atoms with E-state index < -0.39 is 17.2 Å². The molecule has 0 aliphatic heterocycles. The molecule has 1 aliphatic rings. The Labute approximate surface area is 126 Å². The lowest BCUT2D eigenvalue weighted by Crippen LogP contribution is -2.56. The molecule has 1 aromatic rings. The van der Waals surface area contributed by atoms with Gasteiger partial charge in [-0.2, -0.15) is 0 Å². The van der Waals surface area contributed by atoms with Crippen LogP contribution in [0, 0.1) is 5.41 Å². The molecule has 0 unspecified atom stereocenters. The molecule has 3 heteroatoms. The van der Waals surface area contributed by atoms with E-state index >= 15 is 0 Å². The number of aliphatic carboxylic acids is 1. The smallest absolute Gasteiger partial charge is 0.373 e. The molecule has 0 saturated heterocycles. The van der Waals surface area contributed by atoms with Crippen LogP contribution in [0.15, 0.2) is 30.3 Å². The van der Waals surface area contributed by atoms with Crippen molar-refractivity contribution in [1.82, 2.24) is 0 Å². The van der Waals surface area contributed by atoms with Gasteiger partial charge in [-0.3, -0.25) is 4.79 Å². The van der Waals surface area contributed by atoms with Crippen LogP contribution in [0.1, 0.15) is 57.9 Å². The van der Waals surface area contributed by atoms with Gasteiger partial charge in [0.15, 0.2) is 0 Å². The van der Waals surface area contributed by atoms with E-state index in [0.29, 0.717) is 12.8 Å². The van der Waals surface area contributed by atoms with Gasteiger partial charge in [-0.05, 0) is 36.7 Å². The van der Waals surface area contributed by atoms with Crippen LogP contribution in [0.4, 0.5) is 0 Å². The number of ketones is 1. The predicted octanol–water partition coefficient (Wildman–Crippen LogP) is 3.96. The van der Waals surface area contributed by atoms with E-state index in [1.165, 1.54) is 0 Å². The van der Waals surface area contributed by atoms with Gasteiger partial charge in [-0.15, -0.1) is 0 Å². The SMILES string of the molecule is CCCC1(CCC)CC(C(=O)C(=O)O)(c2ccccc2)C1. The van der Waals surface area contributed by atoms with Crippen LogP contribution >= 0.6 is 0 Å². The average Bonchev–Trinajstić information content (AvgIpc) is 2.44. The minimum absolute atomic E-state index is 0.143. The normalized spacial score (nSPS) is 18.8. The van der Waals surface area contributed by atoms with Crippen LogP contribution in [0.25, 0.3) is 0 Å². The largest absolute Gasteiger partial charge is 0.475 e. The van der Waals surface area contributed by atoms with Crippen LogP contribution in [-0.2, 0) is 15.0 Å². The molecule has 114 valence electrons. The summed E-state index contributed by atoms with van der Waals surface area (Å²) >= 11 is 0. The van der Waals surface area contributed by atoms with Crippen molar-refractivity contribution in [1.29, 1.82) is 0 Å². The number of hydrogen-bond acceptors (Lipinski definition) is 2. The third-order valence-electron chi connectivity index (χ3n) is 4.87. The van der Waals surface area contributed by atoms with E-state index in [-0.39, 0.29) is 5.41 Å². The zero-order valence-corrected chi connectivity index (χ0v) is 12.9. The molecular formula is C18H24O3. The summed E-state index contributed by atoms with van der Waals surface area (Å²) in [5.41, 5.74) is 0.197. The van der Waals surface area contributed by atoms with Gasteiger partial charge < -0.3 is 5.11 Å². The number of rotatable bonds is 7. The van der Waals surface area contributed by atoms with E-state index in [9.17, 15) is 14.7 Å². The van der Waals surface area contributed by atoms with E-state index in [0.717, 1.165) is 31.2 Å². The average molecular weight is 288 g/mol. The molecule has 0 bridgehead atoms. The molecule has 0 atom stereocenters. The molecule has 1 fully saturated rings. The molecule has 0 amide bonds. The lowest BCUT2D eigenvalue weighted by Gasteiger charge is -2.55. The minimum Gasteiger partial charge on any atom is -0.475 e. The van der Waals surface area contributed by atoms with Gasteiger partial charge >= 0.3 is 5.97 Å². The van der Waals surface area contributed by atoms with Crippen molar-refractivity contribution in [3.05, 3.63) is 35.9 Å². The maximum atomic E-state index is 12.3. The third-order valence-corrected chi connectivity index (χ3v) is 4.87. The molecule has 1 N–H and O–H groups in total. The van der Waals surface area contributed by atoms with Crippen molar-refractivity contribution in [2.45, 2.75) is 57.8 Å². The number of carbonyl (C=O) groups is 2. The summed E-state index contributed by atoms with van der Waals surface area (Å²) in [4.78, 5) is 23.6. The molecule has 0 spiro atoms. The number of carboxylic acid groups (broad SMARTS) is 1. The molecule has 1 aromatic carbocycles. The Balaban J connectivity index is 2.34. The molecule has 1 saturated carbocycles. The second kappa shape index (κ2) is 6.00. The van der Waals surface area contributed by atoms with Crippen molar-refractivity contribution in [3.8, 4) is 0 Å². The maximum Gasteiger partial charge on any atom is 0.373 e. The zero-order chi connectivity index (χ0) is 15.5. The van der Waals surface area contributed by atoms with Gasteiger partial charge in [0.05, 0.1) is 5.41 Å². The highest BCUT2D eigenvalue weighted by Gasteiger charge is 2.59. The summed E-state index contributed by atoms with van der Waals surface area (Å²) in [5.74, 6) is -1.95. The molecule has 0 aromatic heterocycles. The number of benzene rings is 1. The summed E-state index contributed by atoms with van der Waals surface area (Å²) in [6.45, 7) is 4.30. The number of hydrogen-bond donors (Lipinski definition) is 1. The topological polar surface area (TPSA) is 54.4 Å². The Morgan fingerprint density at radius 3 is 2.00 bits per heavy atom. The molecule has 2 rings (SSSR count). The van der Waals surface area contributed by atoms with E-state index in [2.05, 4.69) is 13.8 Å². The van der Waals surface area contributed by atoms with Crippen molar-refractivity contribution in [3.63, 3.8) is 0 Å². The van der Waals surface area contributed by atoms with Crippen LogP contribution in [0.3, 0.4) is 0 Å². The Hall–Kier alpha value is -1.64. The van der Waals surface area contributed by atoms with Crippen molar-refractivity contribution in [2.75, 3.05) is 0 Å². The fraction of sp³-hybridized carbons (Fsp3) is 0.556. The first-order chi connectivity index (χ1) is 9.99. The van der Waals surface area contributed by atoms with Gasteiger partial charge in [0.2, 0.25) is 5.78 Å². The molecular weight excluding hydrogens is 264 g/mol. The molecule has 0 heterocycles. The minimum atomic E-state index is -1.31. The van der Waals surface area contributed by atoms with Gasteiger partial charge in [0.1, 0.15) is 0 Å². The van der Waals surface area contributed by atoms with E-state index in [1.807, 2.05) is 30.3 Å². The monoisotopic (exact) mass is 288 g/mol. The Kier molecular flexibility index (Phi) is 4.50. The summed E-state index contributed by atoms with van der Waals surface area (Å²) in [6, 6.07) is 9.44. The van der Waals surface area contributed by atoms with Gasteiger partial charge in [-0.25, -0.2) is 4.79 Å². The first kappa shape index (κ1) is 15.7. The molecule has 3 nitrogen and oxygen atoms in total. The highest BCUT2D eigenvalue weighted by atomic mass is 16.4. The van der Waals surface area contributed by atoms with E-state index in [4.69, 9.17) is 0 Å². The first-order valence-corrected chi connectivity index (χ1v) is 7.83. The Morgan fingerprint density at radius 2 is 1.57 bits per heavy atom. The highest BCUT2D eigenvalue weighted by molar-refractivity contribution is 6.36. The molecule has 0 radical (unpaired) electrons. The highest BCUT2D eigenvalue weighted by Crippen LogP contribution is 2.60. The lowest BCUT2D eigenvalue weighted by molar-refractivity contribution is -0.157. The second-order valence-corrected chi connectivity index (χ2v) is 6.44. The summed E-state index contributed by atoms with van der Waals surface area (Å²) in [7, 11) is 0. The predicted molar refractivity (Wildman–Crippen MR) is 82.2 cm³/mol. The van der Waals surface area contributed by atoms with Gasteiger partial charge in [0, 0.05) is 0 Å². The number of carboxylic acids is 1. The fourth-order valence-electron chi connectivity index (χ4n) is 4.23. The van der Waals surface area contributed by atoms with Gasteiger partial charge in [0.25, 0.3) is 0 Å². The van der Waals surface area contributed by atoms with Crippen molar-refractivity contribution < 1.29 is 14.7 Å². The summed E-state index contributed by atoms with van der Waals surface area (Å²) < 4.78 is 0. The lowest BCUT2D eigenvalue weighted by atomic mass is 9.46. The van der Waals surface area contributed by atoms with Crippen LogP contribution in [0.2, 0.25) is 0 Å². The maximum absolute atomic E-state index is 12.3. The fourth-order valence-corrected chi connectivity index (χ4v) is 4.23. The van der Waals surface area contributed by atoms with Crippen LogP contribution in [0.5, 0.6) is 0 Å². The number of carbonyl (C=O) groups excluding carboxylic acids is 1. The van der Waals surface area contributed by atoms with Crippen molar-refractivity contribution >= 4 is 11.8 Å². The van der Waals surface area contributed by atoms with Crippen LogP contribution in [-0.4, -0.2) is 16.9 Å². The second-order valence-electron chi connectivity index (χ2n) is 6.44. The Morgan fingerprint density at radius 1 is 1.05 bits per heavy atom. The zero-order valence-electron chi connectivity index (χ0n) is 12.9. The van der Waals surface area contributed by atoms with Gasteiger partial charge in [-0.1, -0.05) is 57.0 Å². The Bertz CT molecular complexity index is 505. The standard InChI is InChI=1S/C18H24O3/c1-3-10-17(11-4-2)12-18(13-17,15(19)16(20)21)14-8-6-5-7-9-14/h5-9H,3-4,10-13H2,1-2H3,(H,20,21). The molecule has 1 aliphatic carbocycles. The first-order valence-electron chi connectivity index (χ1n) is 7.83.